The number of alkyl carbamates (subject to hydrolysis) is 1. The zero-order chi connectivity index (χ0) is 24.1. The largest absolute Gasteiger partial charge is 0.479 e. The Kier molecular flexibility index (Phi) is 6.89. The molecule has 0 aromatic heterocycles. The minimum Gasteiger partial charge on any atom is -0.479 e. The lowest BCUT2D eigenvalue weighted by Gasteiger charge is -2.20. The van der Waals surface area contributed by atoms with E-state index in [2.05, 4.69) is 10.8 Å². The molecule has 4 rings (SSSR count). The minimum absolute atomic E-state index is 0.0949. The number of hydrogen-bond acceptors (Lipinski definition) is 5. The summed E-state index contributed by atoms with van der Waals surface area (Å²) in [7, 11) is 0. The second-order valence-electron chi connectivity index (χ2n) is 7.96. The van der Waals surface area contributed by atoms with Crippen molar-refractivity contribution in [1.82, 2.24) is 10.8 Å². The van der Waals surface area contributed by atoms with Crippen molar-refractivity contribution in [2.24, 2.45) is 0 Å². The molecule has 1 aliphatic rings. The molecule has 1 aliphatic carbocycles. The summed E-state index contributed by atoms with van der Waals surface area (Å²) in [5, 5.41) is 11.3. The SMILES string of the molecule is Cc1ccc(C(NC(=O)OCC2c3ccccc3-c3ccccc32)C(=O)NOCC(=O)O)cc1. The van der Waals surface area contributed by atoms with Crippen LogP contribution < -0.4 is 10.8 Å². The molecule has 3 aromatic carbocycles. The van der Waals surface area contributed by atoms with Gasteiger partial charge in [-0.1, -0.05) is 78.4 Å². The number of carbonyl (C=O) groups is 3. The molecular formula is C26H24N2O6. The van der Waals surface area contributed by atoms with E-state index in [-0.39, 0.29) is 12.5 Å². The lowest BCUT2D eigenvalue weighted by Crippen LogP contribution is -2.41. The van der Waals surface area contributed by atoms with Crippen LogP contribution in [0.5, 0.6) is 0 Å². The fourth-order valence-electron chi connectivity index (χ4n) is 4.04. The van der Waals surface area contributed by atoms with Gasteiger partial charge in [0, 0.05) is 5.92 Å². The Hall–Kier alpha value is -4.17. The molecule has 0 fully saturated rings. The number of fused-ring (bicyclic) bond motifs is 3. The monoisotopic (exact) mass is 460 g/mol. The molecule has 0 saturated heterocycles. The zero-order valence-corrected chi connectivity index (χ0v) is 18.5. The fourth-order valence-corrected chi connectivity index (χ4v) is 4.04. The maximum absolute atomic E-state index is 12.7. The average Bonchev–Trinajstić information content (AvgIpc) is 3.15. The van der Waals surface area contributed by atoms with Crippen LogP contribution in [0.1, 0.15) is 34.2 Å². The number of nitrogens with one attached hydrogen (secondary N) is 2. The Morgan fingerprint density at radius 3 is 2.09 bits per heavy atom. The van der Waals surface area contributed by atoms with Crippen LogP contribution in [0.4, 0.5) is 4.79 Å². The minimum atomic E-state index is -1.24. The maximum Gasteiger partial charge on any atom is 0.408 e. The van der Waals surface area contributed by atoms with Crippen molar-refractivity contribution in [3.63, 3.8) is 0 Å². The van der Waals surface area contributed by atoms with Gasteiger partial charge in [0.2, 0.25) is 0 Å². The van der Waals surface area contributed by atoms with Gasteiger partial charge in [0.15, 0.2) is 6.61 Å². The fraction of sp³-hybridized carbons (Fsp3) is 0.192. The van der Waals surface area contributed by atoms with Crippen LogP contribution in [-0.4, -0.2) is 36.3 Å². The van der Waals surface area contributed by atoms with Crippen LogP contribution >= 0.6 is 0 Å². The van der Waals surface area contributed by atoms with Crippen molar-refractivity contribution >= 4 is 18.0 Å². The highest BCUT2D eigenvalue weighted by Gasteiger charge is 2.30. The Morgan fingerprint density at radius 2 is 1.50 bits per heavy atom. The van der Waals surface area contributed by atoms with Gasteiger partial charge in [-0.3, -0.25) is 9.63 Å². The summed E-state index contributed by atoms with van der Waals surface area (Å²) in [6.45, 7) is 1.28. The number of carboxylic acid groups (broad SMARTS) is 1. The van der Waals surface area contributed by atoms with Crippen molar-refractivity contribution < 1.29 is 29.1 Å². The predicted octanol–water partition coefficient (Wildman–Crippen LogP) is 3.71. The highest BCUT2D eigenvalue weighted by atomic mass is 16.7. The zero-order valence-electron chi connectivity index (χ0n) is 18.5. The van der Waals surface area contributed by atoms with Crippen molar-refractivity contribution in [2.45, 2.75) is 18.9 Å². The van der Waals surface area contributed by atoms with E-state index in [0.29, 0.717) is 5.56 Å². The van der Waals surface area contributed by atoms with Crippen LogP contribution in [0.15, 0.2) is 72.8 Å². The van der Waals surface area contributed by atoms with Gasteiger partial charge in [-0.15, -0.1) is 0 Å². The topological polar surface area (TPSA) is 114 Å². The normalized spacial score (nSPS) is 12.9. The number of carboxylic acids is 1. The number of aryl methyl sites for hydroxylation is 1. The second kappa shape index (κ2) is 10.2. The third-order valence-corrected chi connectivity index (χ3v) is 5.65. The average molecular weight is 460 g/mol. The molecule has 0 spiro atoms. The molecular weight excluding hydrogens is 436 g/mol. The highest BCUT2D eigenvalue weighted by Crippen LogP contribution is 2.44. The van der Waals surface area contributed by atoms with Gasteiger partial charge in [-0.05, 0) is 34.7 Å². The first kappa shape index (κ1) is 23.0. The summed E-state index contributed by atoms with van der Waals surface area (Å²) in [5.41, 5.74) is 7.91. The first-order chi connectivity index (χ1) is 16.4. The van der Waals surface area contributed by atoms with E-state index in [1.54, 1.807) is 24.3 Å². The highest BCUT2D eigenvalue weighted by molar-refractivity contribution is 5.86. The summed E-state index contributed by atoms with van der Waals surface area (Å²) in [6.07, 6.45) is -0.777. The molecule has 8 nitrogen and oxygen atoms in total. The number of benzene rings is 3. The van der Waals surface area contributed by atoms with Gasteiger partial charge in [0.05, 0.1) is 0 Å². The standard InChI is InChI=1S/C26H24N2O6/c1-16-10-12-17(13-11-16)24(25(31)28-34-15-23(29)30)27-26(32)33-14-22-20-8-4-2-6-18(20)19-7-3-5-9-21(19)22/h2-13,22,24H,14-15H2,1H3,(H,27,32)(H,28,31)(H,29,30). The van der Waals surface area contributed by atoms with Gasteiger partial charge < -0.3 is 15.2 Å². The molecule has 0 bridgehead atoms. The van der Waals surface area contributed by atoms with Crippen molar-refractivity contribution in [1.29, 1.82) is 0 Å². The maximum atomic E-state index is 12.7. The smallest absolute Gasteiger partial charge is 0.408 e. The van der Waals surface area contributed by atoms with Crippen LogP contribution in [0.2, 0.25) is 0 Å². The second-order valence-corrected chi connectivity index (χ2v) is 7.96. The van der Waals surface area contributed by atoms with Crippen molar-refractivity contribution in [2.75, 3.05) is 13.2 Å². The van der Waals surface area contributed by atoms with Crippen LogP contribution in [-0.2, 0) is 19.2 Å². The lowest BCUT2D eigenvalue weighted by atomic mass is 9.98. The number of amides is 2. The molecule has 3 aromatic rings. The summed E-state index contributed by atoms with van der Waals surface area (Å²) >= 11 is 0. The summed E-state index contributed by atoms with van der Waals surface area (Å²) in [6, 6.07) is 21.8. The van der Waals surface area contributed by atoms with Crippen LogP contribution in [0.3, 0.4) is 0 Å². The summed E-state index contributed by atoms with van der Waals surface area (Å²) in [4.78, 5) is 40.7. The van der Waals surface area contributed by atoms with E-state index in [0.717, 1.165) is 27.8 Å². The molecule has 0 aliphatic heterocycles. The number of hydroxylamine groups is 1. The lowest BCUT2D eigenvalue weighted by molar-refractivity contribution is -0.150. The molecule has 3 N–H and O–H groups in total. The number of ether oxygens (including phenoxy) is 1. The third kappa shape index (κ3) is 5.07. The number of hydrogen-bond donors (Lipinski definition) is 3. The molecule has 2 amide bonds. The summed E-state index contributed by atoms with van der Waals surface area (Å²) in [5.74, 6) is -2.08. The van der Waals surface area contributed by atoms with Gasteiger partial charge >= 0.3 is 12.1 Å². The van der Waals surface area contributed by atoms with E-state index in [4.69, 9.17) is 14.7 Å². The molecule has 8 heteroatoms. The van der Waals surface area contributed by atoms with Crippen molar-refractivity contribution in [3.8, 4) is 11.1 Å². The van der Waals surface area contributed by atoms with E-state index in [1.807, 2.05) is 55.5 Å². The van der Waals surface area contributed by atoms with Gasteiger partial charge in [0.1, 0.15) is 12.6 Å². The van der Waals surface area contributed by atoms with Crippen molar-refractivity contribution in [3.05, 3.63) is 95.1 Å². The van der Waals surface area contributed by atoms with Crippen LogP contribution in [0.25, 0.3) is 11.1 Å². The number of rotatable bonds is 8. The third-order valence-electron chi connectivity index (χ3n) is 5.65. The van der Waals surface area contributed by atoms with Gasteiger partial charge in [-0.2, -0.15) is 0 Å². The Morgan fingerprint density at radius 1 is 0.912 bits per heavy atom. The Bertz CT molecular complexity index is 1160. The molecule has 1 unspecified atom stereocenters. The predicted molar refractivity (Wildman–Crippen MR) is 124 cm³/mol. The molecule has 1 atom stereocenters. The van der Waals surface area contributed by atoms with E-state index < -0.39 is 30.6 Å². The Labute approximate surface area is 196 Å². The first-order valence-corrected chi connectivity index (χ1v) is 10.8. The molecule has 0 saturated carbocycles. The Balaban J connectivity index is 1.46. The van der Waals surface area contributed by atoms with Gasteiger partial charge in [-0.25, -0.2) is 15.1 Å². The van der Waals surface area contributed by atoms with E-state index in [9.17, 15) is 14.4 Å². The molecule has 0 radical (unpaired) electrons. The quantitative estimate of drug-likeness (QED) is 0.442. The molecule has 0 heterocycles. The summed E-state index contributed by atoms with van der Waals surface area (Å²) < 4.78 is 5.54. The van der Waals surface area contributed by atoms with E-state index >= 15 is 0 Å². The number of carbonyl (C=O) groups excluding carboxylic acids is 2. The van der Waals surface area contributed by atoms with Crippen LogP contribution in [0, 0.1) is 6.92 Å². The van der Waals surface area contributed by atoms with E-state index in [1.165, 1.54) is 0 Å². The molecule has 34 heavy (non-hydrogen) atoms. The van der Waals surface area contributed by atoms with Gasteiger partial charge in [0.25, 0.3) is 5.91 Å². The number of aliphatic carboxylic acids is 1. The molecule has 174 valence electrons. The first-order valence-electron chi connectivity index (χ1n) is 10.8.